The van der Waals surface area contributed by atoms with E-state index in [1.807, 2.05) is 32.9 Å². The number of nitrogens with two attached hydrogens (primary N) is 1. The molecule has 1 aromatic carbocycles. The minimum absolute atomic E-state index is 0.228. The SMILES string of the molecule is CC(C)(C)OC(=O)N1CCCC(c2ccc(NC(N)=S)cc2)C1. The molecule has 0 saturated carbocycles. The van der Waals surface area contributed by atoms with Crippen LogP contribution in [-0.2, 0) is 4.74 Å². The van der Waals surface area contributed by atoms with Gasteiger partial charge < -0.3 is 20.7 Å². The van der Waals surface area contributed by atoms with Gasteiger partial charge in [0.05, 0.1) is 0 Å². The summed E-state index contributed by atoms with van der Waals surface area (Å²) in [4.78, 5) is 14.0. The first-order valence-electron chi connectivity index (χ1n) is 7.89. The fraction of sp³-hybridized carbons (Fsp3) is 0.529. The predicted molar refractivity (Wildman–Crippen MR) is 96.6 cm³/mol. The van der Waals surface area contributed by atoms with Crippen molar-refractivity contribution in [2.24, 2.45) is 5.73 Å². The molecule has 1 heterocycles. The van der Waals surface area contributed by atoms with Crippen LogP contribution in [-0.4, -0.2) is 34.8 Å². The van der Waals surface area contributed by atoms with E-state index in [0.717, 1.165) is 25.1 Å². The van der Waals surface area contributed by atoms with E-state index in [-0.39, 0.29) is 11.2 Å². The lowest BCUT2D eigenvalue weighted by Gasteiger charge is -2.34. The zero-order valence-corrected chi connectivity index (χ0v) is 14.8. The highest BCUT2D eigenvalue weighted by Gasteiger charge is 2.28. The highest BCUT2D eigenvalue weighted by molar-refractivity contribution is 7.80. The highest BCUT2D eigenvalue weighted by Crippen LogP contribution is 2.28. The Kier molecular flexibility index (Phi) is 5.46. The van der Waals surface area contributed by atoms with Gasteiger partial charge in [0.15, 0.2) is 5.11 Å². The number of thiocarbonyl (C=S) groups is 1. The summed E-state index contributed by atoms with van der Waals surface area (Å²) in [6.07, 6.45) is 1.83. The maximum absolute atomic E-state index is 12.2. The second-order valence-electron chi connectivity index (χ2n) is 6.88. The lowest BCUT2D eigenvalue weighted by molar-refractivity contribution is 0.0198. The summed E-state index contributed by atoms with van der Waals surface area (Å²) in [5.41, 5.74) is 7.10. The molecule has 1 saturated heterocycles. The van der Waals surface area contributed by atoms with Gasteiger partial charge in [0, 0.05) is 24.7 Å². The topological polar surface area (TPSA) is 67.6 Å². The van der Waals surface area contributed by atoms with Gasteiger partial charge in [0.1, 0.15) is 5.60 Å². The van der Waals surface area contributed by atoms with Gasteiger partial charge in [-0.3, -0.25) is 0 Å². The molecule has 5 nitrogen and oxygen atoms in total. The number of benzene rings is 1. The van der Waals surface area contributed by atoms with Crippen LogP contribution in [0.4, 0.5) is 10.5 Å². The zero-order valence-electron chi connectivity index (χ0n) is 14.0. The van der Waals surface area contributed by atoms with Crippen LogP contribution in [0.2, 0.25) is 0 Å². The van der Waals surface area contributed by atoms with E-state index in [1.54, 1.807) is 4.90 Å². The number of hydrogen-bond acceptors (Lipinski definition) is 3. The fourth-order valence-corrected chi connectivity index (χ4v) is 2.84. The Balaban J connectivity index is 2.00. The molecular formula is C17H25N3O2S. The third kappa shape index (κ3) is 5.39. The van der Waals surface area contributed by atoms with Crippen molar-refractivity contribution in [1.29, 1.82) is 0 Å². The minimum atomic E-state index is -0.460. The smallest absolute Gasteiger partial charge is 0.410 e. The Hall–Kier alpha value is -1.82. The number of carbonyl (C=O) groups is 1. The van der Waals surface area contributed by atoms with Crippen LogP contribution in [0, 0.1) is 0 Å². The molecule has 1 fully saturated rings. The average molecular weight is 335 g/mol. The summed E-state index contributed by atoms with van der Waals surface area (Å²) in [7, 11) is 0. The summed E-state index contributed by atoms with van der Waals surface area (Å²) >= 11 is 4.83. The first-order chi connectivity index (χ1) is 10.7. The third-order valence-corrected chi connectivity index (χ3v) is 3.82. The maximum Gasteiger partial charge on any atom is 0.410 e. The lowest BCUT2D eigenvalue weighted by atomic mass is 9.91. The van der Waals surface area contributed by atoms with Gasteiger partial charge in [-0.2, -0.15) is 0 Å². The molecule has 126 valence electrons. The van der Waals surface area contributed by atoms with Gasteiger partial charge in [0.2, 0.25) is 0 Å². The Labute approximate surface area is 143 Å². The quantitative estimate of drug-likeness (QED) is 0.810. The number of nitrogens with zero attached hydrogens (tertiary/aromatic N) is 1. The van der Waals surface area contributed by atoms with Crippen LogP contribution >= 0.6 is 12.2 Å². The van der Waals surface area contributed by atoms with Crippen molar-refractivity contribution in [3.63, 3.8) is 0 Å². The van der Waals surface area contributed by atoms with Crippen molar-refractivity contribution in [1.82, 2.24) is 4.90 Å². The van der Waals surface area contributed by atoms with Crippen molar-refractivity contribution >= 4 is 29.1 Å². The standard InChI is InChI=1S/C17H25N3O2S/c1-17(2,3)22-16(21)20-10-4-5-13(11-20)12-6-8-14(9-7-12)19-15(18)23/h6-9,13H,4-5,10-11H2,1-3H3,(H3,18,19,23). The molecule has 3 N–H and O–H groups in total. The number of nitrogens with one attached hydrogen (secondary N) is 1. The van der Waals surface area contributed by atoms with Crippen LogP contribution in [0.15, 0.2) is 24.3 Å². The molecule has 0 bridgehead atoms. The average Bonchev–Trinajstić information content (AvgIpc) is 2.46. The number of likely N-dealkylation sites (tertiary alicyclic amines) is 1. The lowest BCUT2D eigenvalue weighted by Crippen LogP contribution is -2.42. The molecule has 0 radical (unpaired) electrons. The van der Waals surface area contributed by atoms with Crippen LogP contribution in [0.1, 0.15) is 45.1 Å². The summed E-state index contributed by atoms with van der Waals surface area (Å²) < 4.78 is 5.47. The van der Waals surface area contributed by atoms with Gasteiger partial charge >= 0.3 is 6.09 Å². The first kappa shape index (κ1) is 17.5. The normalized spacial score (nSPS) is 18.4. The Morgan fingerprint density at radius 3 is 2.57 bits per heavy atom. The van der Waals surface area contributed by atoms with Crippen LogP contribution < -0.4 is 11.1 Å². The molecule has 23 heavy (non-hydrogen) atoms. The largest absolute Gasteiger partial charge is 0.444 e. The number of anilines is 1. The predicted octanol–water partition coefficient (Wildman–Crippen LogP) is 3.46. The molecule has 1 aliphatic heterocycles. The molecule has 1 amide bonds. The van der Waals surface area contributed by atoms with Crippen LogP contribution in [0.5, 0.6) is 0 Å². The molecule has 1 aromatic rings. The van der Waals surface area contributed by atoms with Crippen molar-refractivity contribution in [2.75, 3.05) is 18.4 Å². The summed E-state index contributed by atoms with van der Waals surface area (Å²) in [5.74, 6) is 0.329. The maximum atomic E-state index is 12.2. The Morgan fingerprint density at radius 2 is 2.00 bits per heavy atom. The van der Waals surface area contributed by atoms with Crippen molar-refractivity contribution in [3.8, 4) is 0 Å². The van der Waals surface area contributed by atoms with Crippen LogP contribution in [0.25, 0.3) is 0 Å². The molecule has 6 heteroatoms. The number of rotatable bonds is 2. The third-order valence-electron chi connectivity index (χ3n) is 3.72. The molecule has 2 rings (SSSR count). The molecule has 1 unspecified atom stereocenters. The zero-order chi connectivity index (χ0) is 17.0. The van der Waals surface area contributed by atoms with Gasteiger partial charge in [-0.15, -0.1) is 0 Å². The molecule has 0 aliphatic carbocycles. The van der Waals surface area contributed by atoms with E-state index in [4.69, 9.17) is 22.7 Å². The monoisotopic (exact) mass is 335 g/mol. The fourth-order valence-electron chi connectivity index (χ4n) is 2.72. The van der Waals surface area contributed by atoms with E-state index in [9.17, 15) is 4.79 Å². The Morgan fingerprint density at radius 1 is 1.35 bits per heavy atom. The second-order valence-corrected chi connectivity index (χ2v) is 7.32. The number of ether oxygens (including phenoxy) is 1. The number of amides is 1. The number of carbonyl (C=O) groups excluding carboxylic acids is 1. The van der Waals surface area contributed by atoms with Crippen molar-refractivity contribution in [2.45, 2.75) is 45.1 Å². The highest BCUT2D eigenvalue weighted by atomic mass is 32.1. The molecule has 1 aliphatic rings. The molecular weight excluding hydrogens is 310 g/mol. The van der Waals surface area contributed by atoms with Crippen molar-refractivity contribution in [3.05, 3.63) is 29.8 Å². The summed E-state index contributed by atoms with van der Waals surface area (Å²) in [6, 6.07) is 8.04. The van der Waals surface area contributed by atoms with Gasteiger partial charge in [-0.25, -0.2) is 4.79 Å². The van der Waals surface area contributed by atoms with E-state index in [2.05, 4.69) is 17.4 Å². The van der Waals surface area contributed by atoms with E-state index >= 15 is 0 Å². The number of hydrogen-bond donors (Lipinski definition) is 2. The minimum Gasteiger partial charge on any atom is -0.444 e. The molecule has 1 atom stereocenters. The van der Waals surface area contributed by atoms with E-state index in [1.165, 1.54) is 5.56 Å². The van der Waals surface area contributed by atoms with E-state index < -0.39 is 5.60 Å². The van der Waals surface area contributed by atoms with Gasteiger partial charge in [-0.05, 0) is 63.5 Å². The van der Waals surface area contributed by atoms with E-state index in [0.29, 0.717) is 12.5 Å². The molecule has 0 aromatic heterocycles. The Bertz CT molecular complexity index is 566. The first-order valence-corrected chi connectivity index (χ1v) is 8.30. The second kappa shape index (κ2) is 7.17. The summed E-state index contributed by atoms with van der Waals surface area (Å²) in [5, 5.41) is 3.17. The van der Waals surface area contributed by atoms with Gasteiger partial charge in [-0.1, -0.05) is 12.1 Å². The summed E-state index contributed by atoms with van der Waals surface area (Å²) in [6.45, 7) is 7.11. The number of piperidine rings is 1. The van der Waals surface area contributed by atoms with Gasteiger partial charge in [0.25, 0.3) is 0 Å². The molecule has 0 spiro atoms. The van der Waals surface area contributed by atoms with Crippen LogP contribution in [0.3, 0.4) is 0 Å². The van der Waals surface area contributed by atoms with Crippen molar-refractivity contribution < 1.29 is 9.53 Å².